The molecule has 6 nitrogen and oxygen atoms in total. The van der Waals surface area contributed by atoms with Crippen molar-refractivity contribution >= 4 is 17.1 Å². The molecule has 1 aromatic carbocycles. The fourth-order valence-corrected chi connectivity index (χ4v) is 4.60. The maximum absolute atomic E-state index is 12.7. The highest BCUT2D eigenvalue weighted by molar-refractivity contribution is 6.05. The lowest BCUT2D eigenvalue weighted by molar-refractivity contribution is 0.250. The van der Waals surface area contributed by atoms with Crippen LogP contribution in [0, 0.1) is 6.92 Å². The minimum atomic E-state index is -0.0958. The smallest absolute Gasteiger partial charge is 0.258 e. The number of aromatic amines is 1. The second kappa shape index (κ2) is 9.61. The molecule has 3 aliphatic rings. The van der Waals surface area contributed by atoms with Crippen molar-refractivity contribution in [2.75, 3.05) is 31.1 Å². The fourth-order valence-electron chi connectivity index (χ4n) is 4.60. The van der Waals surface area contributed by atoms with E-state index in [-0.39, 0.29) is 5.56 Å². The zero-order valence-electron chi connectivity index (χ0n) is 19.7. The van der Waals surface area contributed by atoms with E-state index in [2.05, 4.69) is 57.0 Å². The monoisotopic (exact) mass is 451 g/mol. The van der Waals surface area contributed by atoms with E-state index in [1.165, 1.54) is 11.3 Å². The molecule has 2 aliphatic heterocycles. The normalized spacial score (nSPS) is 15.1. The van der Waals surface area contributed by atoms with E-state index in [0.29, 0.717) is 5.56 Å². The maximum Gasteiger partial charge on any atom is 0.258 e. The zero-order valence-corrected chi connectivity index (χ0v) is 19.7. The van der Waals surface area contributed by atoms with Crippen LogP contribution >= 0.6 is 0 Å². The Bertz CT molecular complexity index is 1340. The Labute approximate surface area is 200 Å². The summed E-state index contributed by atoms with van der Waals surface area (Å²) in [6, 6.07) is 20.3. The predicted molar refractivity (Wildman–Crippen MR) is 138 cm³/mol. The van der Waals surface area contributed by atoms with Gasteiger partial charge in [-0.25, -0.2) is 0 Å². The number of nitrogens with zero attached hydrogens (tertiary/aromatic N) is 4. The van der Waals surface area contributed by atoms with Crippen LogP contribution in [-0.2, 0) is 6.54 Å². The zero-order chi connectivity index (χ0) is 23.5. The molecule has 0 spiro atoms. The van der Waals surface area contributed by atoms with Gasteiger partial charge >= 0.3 is 0 Å². The van der Waals surface area contributed by atoms with Crippen LogP contribution in [-0.4, -0.2) is 46.8 Å². The SMILES string of the molecule is C/C(=N\c1cc(N2CCN(Cc3ccncc3)CC2)ccc1C)c1c2cccccc-2[nH]c1=O. The summed E-state index contributed by atoms with van der Waals surface area (Å²) in [7, 11) is 0. The summed E-state index contributed by atoms with van der Waals surface area (Å²) >= 11 is 0. The number of anilines is 1. The number of hydrogen-bond donors (Lipinski definition) is 1. The Morgan fingerprint density at radius 1 is 1.00 bits per heavy atom. The third-order valence-electron chi connectivity index (χ3n) is 6.52. The molecule has 6 heteroatoms. The van der Waals surface area contributed by atoms with Gasteiger partial charge in [-0.3, -0.25) is 19.7 Å². The molecule has 0 atom stereocenters. The van der Waals surface area contributed by atoms with Crippen molar-refractivity contribution < 1.29 is 0 Å². The first-order valence-corrected chi connectivity index (χ1v) is 11.7. The first-order chi connectivity index (χ1) is 16.6. The van der Waals surface area contributed by atoms with Gasteiger partial charge < -0.3 is 9.88 Å². The molecule has 1 saturated heterocycles. The lowest BCUT2D eigenvalue weighted by Gasteiger charge is -2.36. The number of aliphatic imine (C=N–C) groups is 1. The molecule has 5 rings (SSSR count). The molecule has 1 aliphatic carbocycles. The summed E-state index contributed by atoms with van der Waals surface area (Å²) in [6.45, 7) is 8.91. The molecule has 172 valence electrons. The topological polar surface area (TPSA) is 64.6 Å². The molecule has 0 amide bonds. The quantitative estimate of drug-likeness (QED) is 0.449. The van der Waals surface area contributed by atoms with Crippen LogP contribution in [0.1, 0.15) is 23.6 Å². The third kappa shape index (κ3) is 4.63. The second-order valence-electron chi connectivity index (χ2n) is 8.85. The molecule has 3 heterocycles. The Morgan fingerprint density at radius 2 is 1.76 bits per heavy atom. The van der Waals surface area contributed by atoms with Crippen molar-refractivity contribution in [3.63, 3.8) is 0 Å². The first-order valence-electron chi connectivity index (χ1n) is 11.7. The Balaban J connectivity index is 1.35. The van der Waals surface area contributed by atoms with Crippen LogP contribution < -0.4 is 10.5 Å². The molecule has 1 N–H and O–H groups in total. The molecule has 0 bridgehead atoms. The molecule has 1 fully saturated rings. The van der Waals surface area contributed by atoms with Crippen LogP contribution in [0.15, 0.2) is 82.8 Å². The molecule has 1 aromatic heterocycles. The van der Waals surface area contributed by atoms with E-state index in [1.54, 1.807) is 0 Å². The molecular weight excluding hydrogens is 422 g/mol. The standard InChI is InChI=1S/C28H29N5O/c1-20-8-9-23(33-16-14-32(15-17-33)19-22-10-12-29-13-11-22)18-26(20)30-21(2)27-24-6-4-3-5-7-25(24)31-28(27)34/h3-13,18H,14-17,19H2,1-2H3,(H,31,34)/b30-21+. The van der Waals surface area contributed by atoms with Gasteiger partial charge in [0.2, 0.25) is 0 Å². The lowest BCUT2D eigenvalue weighted by Crippen LogP contribution is -2.45. The van der Waals surface area contributed by atoms with Gasteiger partial charge in [0.25, 0.3) is 5.56 Å². The van der Waals surface area contributed by atoms with E-state index in [9.17, 15) is 4.79 Å². The van der Waals surface area contributed by atoms with Crippen LogP contribution in [0.3, 0.4) is 0 Å². The highest BCUT2D eigenvalue weighted by atomic mass is 16.1. The Morgan fingerprint density at radius 3 is 2.56 bits per heavy atom. The number of aromatic nitrogens is 2. The van der Waals surface area contributed by atoms with Gasteiger partial charge in [0.1, 0.15) is 0 Å². The van der Waals surface area contributed by atoms with E-state index < -0.39 is 0 Å². The number of pyridine rings is 1. The minimum absolute atomic E-state index is 0.0958. The Hall–Kier alpha value is -3.77. The van der Waals surface area contributed by atoms with E-state index in [1.807, 2.05) is 49.6 Å². The van der Waals surface area contributed by atoms with Crippen molar-refractivity contribution in [3.05, 3.63) is 100 Å². The Kier molecular flexibility index (Phi) is 6.23. The number of nitrogens with one attached hydrogen (secondary N) is 1. The number of benzene rings is 1. The summed E-state index contributed by atoms with van der Waals surface area (Å²) in [4.78, 5) is 29.6. The number of fused-ring (bicyclic) bond motifs is 1. The summed E-state index contributed by atoms with van der Waals surface area (Å²) in [5.41, 5.74) is 7.47. The first kappa shape index (κ1) is 22.0. The van der Waals surface area contributed by atoms with Crippen LogP contribution in [0.5, 0.6) is 0 Å². The van der Waals surface area contributed by atoms with Gasteiger partial charge in [-0.1, -0.05) is 30.3 Å². The van der Waals surface area contributed by atoms with Gasteiger partial charge in [0.05, 0.1) is 17.0 Å². The van der Waals surface area contributed by atoms with Crippen LogP contribution in [0.25, 0.3) is 11.3 Å². The summed E-state index contributed by atoms with van der Waals surface area (Å²) in [6.07, 6.45) is 3.71. The largest absolute Gasteiger partial charge is 0.369 e. The highest BCUT2D eigenvalue weighted by Crippen LogP contribution is 2.29. The molecule has 0 unspecified atom stereocenters. The molecule has 0 radical (unpaired) electrons. The summed E-state index contributed by atoms with van der Waals surface area (Å²) in [5.74, 6) is 0. The van der Waals surface area contributed by atoms with Crippen molar-refractivity contribution in [1.82, 2.24) is 14.9 Å². The number of piperazine rings is 1. The maximum atomic E-state index is 12.7. The van der Waals surface area contributed by atoms with E-state index in [0.717, 1.165) is 60.9 Å². The van der Waals surface area contributed by atoms with Crippen molar-refractivity contribution in [3.8, 4) is 11.3 Å². The second-order valence-corrected chi connectivity index (χ2v) is 8.85. The summed E-state index contributed by atoms with van der Waals surface area (Å²) in [5, 5.41) is 0. The van der Waals surface area contributed by atoms with Crippen molar-refractivity contribution in [1.29, 1.82) is 0 Å². The van der Waals surface area contributed by atoms with Gasteiger partial charge in [-0.2, -0.15) is 0 Å². The average molecular weight is 452 g/mol. The van der Waals surface area contributed by atoms with Crippen molar-refractivity contribution in [2.24, 2.45) is 4.99 Å². The third-order valence-corrected chi connectivity index (χ3v) is 6.52. The minimum Gasteiger partial charge on any atom is -0.369 e. The average Bonchev–Trinajstić information content (AvgIpc) is 2.99. The van der Waals surface area contributed by atoms with E-state index >= 15 is 0 Å². The number of hydrogen-bond acceptors (Lipinski definition) is 5. The van der Waals surface area contributed by atoms with Gasteiger partial charge in [-0.05, 0) is 55.3 Å². The molecule has 34 heavy (non-hydrogen) atoms. The number of rotatable bonds is 5. The molecular formula is C28H29N5O. The molecule has 0 saturated carbocycles. The number of aryl methyl sites for hydroxylation is 1. The fraction of sp³-hybridized carbons (Fsp3) is 0.250. The molecule has 2 aromatic rings. The highest BCUT2D eigenvalue weighted by Gasteiger charge is 2.19. The van der Waals surface area contributed by atoms with Crippen LogP contribution in [0.2, 0.25) is 0 Å². The van der Waals surface area contributed by atoms with Gasteiger partial charge in [-0.15, -0.1) is 0 Å². The van der Waals surface area contributed by atoms with Crippen molar-refractivity contribution in [2.45, 2.75) is 20.4 Å². The van der Waals surface area contributed by atoms with Gasteiger partial charge in [0.15, 0.2) is 0 Å². The number of H-pyrrole nitrogens is 1. The summed E-state index contributed by atoms with van der Waals surface area (Å²) < 4.78 is 0. The van der Waals surface area contributed by atoms with Crippen LogP contribution in [0.4, 0.5) is 11.4 Å². The van der Waals surface area contributed by atoms with Gasteiger partial charge in [0, 0.05) is 62.1 Å². The van der Waals surface area contributed by atoms with E-state index in [4.69, 9.17) is 4.99 Å². The lowest BCUT2D eigenvalue weighted by atomic mass is 10.1. The predicted octanol–water partition coefficient (Wildman–Crippen LogP) is 4.65.